The lowest BCUT2D eigenvalue weighted by Gasteiger charge is -2.32. The van der Waals surface area contributed by atoms with Gasteiger partial charge in [-0.2, -0.15) is 0 Å². The first-order chi connectivity index (χ1) is 18.3. The Bertz CT molecular complexity index is 1250. The van der Waals surface area contributed by atoms with Gasteiger partial charge in [-0.3, -0.25) is 9.59 Å². The third-order valence-corrected chi connectivity index (χ3v) is 7.39. The lowest BCUT2D eigenvalue weighted by Crippen LogP contribution is -2.53. The standard InChI is InChI=1S/C32H37FN2O3/c1-22-17-23(2)24(3)30(18-22)38-21-31(36)35(20-26-13-7-10-16-28(26)33)29(19-25-11-5-4-6-12-25)32(37)34-27-14-8-9-15-27/h4-7,10-13,16-18,27,29H,8-9,14-15,19-21H2,1-3H3,(H,34,37). The fourth-order valence-electron chi connectivity index (χ4n) is 5.10. The summed E-state index contributed by atoms with van der Waals surface area (Å²) in [5, 5.41) is 3.17. The Hall–Kier alpha value is -3.67. The van der Waals surface area contributed by atoms with Crippen LogP contribution < -0.4 is 10.1 Å². The molecule has 1 aliphatic carbocycles. The van der Waals surface area contributed by atoms with Crippen LogP contribution in [-0.2, 0) is 22.6 Å². The van der Waals surface area contributed by atoms with Crippen LogP contribution in [0.1, 0.15) is 53.5 Å². The van der Waals surface area contributed by atoms with E-state index in [1.165, 1.54) is 11.0 Å². The molecule has 5 nitrogen and oxygen atoms in total. The molecule has 3 aromatic rings. The van der Waals surface area contributed by atoms with Gasteiger partial charge in [0.05, 0.1) is 0 Å². The highest BCUT2D eigenvalue weighted by Gasteiger charge is 2.33. The van der Waals surface area contributed by atoms with Crippen LogP contribution in [0.2, 0.25) is 0 Å². The lowest BCUT2D eigenvalue weighted by molar-refractivity contribution is -0.143. The molecule has 0 bridgehead atoms. The number of amides is 2. The van der Waals surface area contributed by atoms with Crippen molar-refractivity contribution >= 4 is 11.8 Å². The van der Waals surface area contributed by atoms with E-state index in [0.717, 1.165) is 47.9 Å². The summed E-state index contributed by atoms with van der Waals surface area (Å²) in [5.41, 5.74) is 4.36. The SMILES string of the molecule is Cc1cc(C)c(C)c(OCC(=O)N(Cc2ccccc2F)C(Cc2ccccc2)C(=O)NC2CCCC2)c1. The number of hydrogen-bond donors (Lipinski definition) is 1. The number of halogens is 1. The van der Waals surface area contributed by atoms with Crippen molar-refractivity contribution in [1.82, 2.24) is 10.2 Å². The van der Waals surface area contributed by atoms with Gasteiger partial charge in [0.15, 0.2) is 6.61 Å². The Balaban J connectivity index is 1.64. The van der Waals surface area contributed by atoms with Gasteiger partial charge in [-0.15, -0.1) is 0 Å². The predicted molar refractivity (Wildman–Crippen MR) is 147 cm³/mol. The molecule has 1 saturated carbocycles. The van der Waals surface area contributed by atoms with Crippen LogP contribution in [0.15, 0.2) is 66.7 Å². The number of aryl methyl sites for hydroxylation is 2. The number of rotatable bonds is 10. The van der Waals surface area contributed by atoms with Crippen LogP contribution in [0.3, 0.4) is 0 Å². The van der Waals surface area contributed by atoms with Gasteiger partial charge in [-0.05, 0) is 68.0 Å². The second-order valence-corrected chi connectivity index (χ2v) is 10.3. The van der Waals surface area contributed by atoms with E-state index in [4.69, 9.17) is 4.74 Å². The highest BCUT2D eigenvalue weighted by atomic mass is 19.1. The first-order valence-electron chi connectivity index (χ1n) is 13.4. The Kier molecular flexibility index (Phi) is 9.16. The van der Waals surface area contributed by atoms with Crippen molar-refractivity contribution in [1.29, 1.82) is 0 Å². The Morgan fingerprint density at radius 1 is 1.00 bits per heavy atom. The molecular formula is C32H37FN2O3. The highest BCUT2D eigenvalue weighted by Crippen LogP contribution is 2.24. The van der Waals surface area contributed by atoms with E-state index in [-0.39, 0.29) is 31.0 Å². The molecule has 0 heterocycles. The first-order valence-corrected chi connectivity index (χ1v) is 13.4. The van der Waals surface area contributed by atoms with Gasteiger partial charge in [0.2, 0.25) is 5.91 Å². The topological polar surface area (TPSA) is 58.6 Å². The Morgan fingerprint density at radius 3 is 2.39 bits per heavy atom. The van der Waals surface area contributed by atoms with Crippen molar-refractivity contribution in [3.05, 3.63) is 100 Å². The van der Waals surface area contributed by atoms with Crippen LogP contribution in [0.4, 0.5) is 4.39 Å². The predicted octanol–water partition coefficient (Wildman–Crippen LogP) is 5.83. The summed E-state index contributed by atoms with van der Waals surface area (Å²) in [6.45, 7) is 5.66. The zero-order valence-corrected chi connectivity index (χ0v) is 22.5. The summed E-state index contributed by atoms with van der Waals surface area (Å²) in [6, 6.07) is 19.3. The van der Waals surface area contributed by atoms with Crippen LogP contribution in [0.25, 0.3) is 0 Å². The molecule has 2 amide bonds. The van der Waals surface area contributed by atoms with Crippen LogP contribution in [0, 0.1) is 26.6 Å². The second kappa shape index (κ2) is 12.7. The zero-order chi connectivity index (χ0) is 27.1. The van der Waals surface area contributed by atoms with Gasteiger partial charge in [-0.25, -0.2) is 4.39 Å². The summed E-state index contributed by atoms with van der Waals surface area (Å²) in [6.07, 6.45) is 4.34. The highest BCUT2D eigenvalue weighted by molar-refractivity contribution is 5.88. The molecule has 6 heteroatoms. The van der Waals surface area contributed by atoms with Crippen LogP contribution >= 0.6 is 0 Å². The third-order valence-electron chi connectivity index (χ3n) is 7.39. The van der Waals surface area contributed by atoms with E-state index < -0.39 is 11.9 Å². The van der Waals surface area contributed by atoms with Gasteiger partial charge in [-0.1, -0.05) is 67.4 Å². The van der Waals surface area contributed by atoms with Gasteiger partial charge >= 0.3 is 0 Å². The maximum absolute atomic E-state index is 14.8. The van der Waals surface area contributed by atoms with E-state index >= 15 is 0 Å². The van der Waals surface area contributed by atoms with Crippen molar-refractivity contribution in [3.8, 4) is 5.75 Å². The average molecular weight is 517 g/mol. The minimum atomic E-state index is -0.811. The molecule has 1 fully saturated rings. The third kappa shape index (κ3) is 7.00. The van der Waals surface area contributed by atoms with Crippen molar-refractivity contribution in [2.24, 2.45) is 0 Å². The molecule has 0 aliphatic heterocycles. The van der Waals surface area contributed by atoms with Gasteiger partial charge in [0, 0.05) is 24.6 Å². The summed E-state index contributed by atoms with van der Waals surface area (Å²) < 4.78 is 20.8. The van der Waals surface area contributed by atoms with Crippen molar-refractivity contribution in [2.45, 2.75) is 71.5 Å². The monoisotopic (exact) mass is 516 g/mol. The normalized spacial score (nSPS) is 14.2. The largest absolute Gasteiger partial charge is 0.483 e. The van der Waals surface area contributed by atoms with Crippen molar-refractivity contribution in [2.75, 3.05) is 6.61 Å². The first kappa shape index (κ1) is 27.4. The van der Waals surface area contributed by atoms with E-state index in [0.29, 0.717) is 17.7 Å². The Labute approximate surface area is 225 Å². The number of carbonyl (C=O) groups excluding carboxylic acids is 2. The van der Waals surface area contributed by atoms with Gasteiger partial charge in [0.25, 0.3) is 5.91 Å². The molecule has 200 valence electrons. The van der Waals surface area contributed by atoms with E-state index in [9.17, 15) is 14.0 Å². The number of benzene rings is 3. The fourth-order valence-corrected chi connectivity index (χ4v) is 5.10. The molecule has 4 rings (SSSR count). The van der Waals surface area contributed by atoms with Crippen LogP contribution in [0.5, 0.6) is 5.75 Å². The smallest absolute Gasteiger partial charge is 0.261 e. The molecule has 1 atom stereocenters. The number of nitrogens with one attached hydrogen (secondary N) is 1. The molecular weight excluding hydrogens is 479 g/mol. The molecule has 1 N–H and O–H groups in total. The Morgan fingerprint density at radius 2 is 1.68 bits per heavy atom. The lowest BCUT2D eigenvalue weighted by atomic mass is 10.0. The second-order valence-electron chi connectivity index (χ2n) is 10.3. The molecule has 1 aliphatic rings. The summed E-state index contributed by atoms with van der Waals surface area (Å²) in [7, 11) is 0. The summed E-state index contributed by atoms with van der Waals surface area (Å²) >= 11 is 0. The van der Waals surface area contributed by atoms with Gasteiger partial charge < -0.3 is 15.0 Å². The molecule has 38 heavy (non-hydrogen) atoms. The molecule has 1 unspecified atom stereocenters. The van der Waals surface area contributed by atoms with Gasteiger partial charge in [0.1, 0.15) is 17.6 Å². The van der Waals surface area contributed by atoms with E-state index in [2.05, 4.69) is 11.4 Å². The molecule has 0 aromatic heterocycles. The minimum absolute atomic E-state index is 0.0315. The minimum Gasteiger partial charge on any atom is -0.483 e. The quantitative estimate of drug-likeness (QED) is 0.369. The van der Waals surface area contributed by atoms with E-state index in [1.807, 2.05) is 57.2 Å². The zero-order valence-electron chi connectivity index (χ0n) is 22.5. The van der Waals surface area contributed by atoms with Crippen molar-refractivity contribution < 1.29 is 18.7 Å². The van der Waals surface area contributed by atoms with Crippen LogP contribution in [-0.4, -0.2) is 35.4 Å². The number of carbonyl (C=O) groups is 2. The number of nitrogens with zero attached hydrogens (tertiary/aromatic N) is 1. The summed E-state index contributed by atoms with van der Waals surface area (Å²) in [5.74, 6) is -0.356. The molecule has 0 spiro atoms. The van der Waals surface area contributed by atoms with Crippen molar-refractivity contribution in [3.63, 3.8) is 0 Å². The summed E-state index contributed by atoms with van der Waals surface area (Å²) in [4.78, 5) is 29.0. The van der Waals surface area contributed by atoms with E-state index in [1.54, 1.807) is 18.2 Å². The maximum atomic E-state index is 14.8. The fraction of sp³-hybridized carbons (Fsp3) is 0.375. The molecule has 0 saturated heterocycles. The average Bonchev–Trinajstić information content (AvgIpc) is 3.41. The maximum Gasteiger partial charge on any atom is 0.261 e. The number of hydrogen-bond acceptors (Lipinski definition) is 3. The molecule has 3 aromatic carbocycles. The molecule has 0 radical (unpaired) electrons. The number of ether oxygens (including phenoxy) is 1.